The molecular formula is C13H18FNO. The van der Waals surface area contributed by atoms with E-state index in [2.05, 4.69) is 5.32 Å². The molecule has 1 rings (SSSR count). The first-order valence-corrected chi connectivity index (χ1v) is 5.66. The topological polar surface area (TPSA) is 29.1 Å². The van der Waals surface area contributed by atoms with Crippen LogP contribution in [0.3, 0.4) is 0 Å². The van der Waals surface area contributed by atoms with Gasteiger partial charge in [0.05, 0.1) is 0 Å². The van der Waals surface area contributed by atoms with Crippen LogP contribution < -0.4 is 5.32 Å². The van der Waals surface area contributed by atoms with Crippen LogP contribution in [0.1, 0.15) is 32.3 Å². The summed E-state index contributed by atoms with van der Waals surface area (Å²) >= 11 is 0. The maximum Gasteiger partial charge on any atom is 0.220 e. The van der Waals surface area contributed by atoms with Crippen LogP contribution in [0.25, 0.3) is 0 Å². The summed E-state index contributed by atoms with van der Waals surface area (Å²) in [4.78, 5) is 11.5. The molecule has 0 fully saturated rings. The number of nitrogens with one attached hydrogen (secondary N) is 1. The summed E-state index contributed by atoms with van der Waals surface area (Å²) in [5.41, 5.74) is 0.599. The molecule has 3 heteroatoms. The van der Waals surface area contributed by atoms with Crippen LogP contribution in [-0.4, -0.2) is 11.9 Å². The summed E-state index contributed by atoms with van der Waals surface area (Å²) in [6, 6.07) is 6.75. The lowest BCUT2D eigenvalue weighted by Gasteiger charge is -2.11. The molecule has 0 aliphatic heterocycles. The van der Waals surface area contributed by atoms with Gasteiger partial charge in [0.25, 0.3) is 0 Å². The maximum atomic E-state index is 13.2. The zero-order valence-electron chi connectivity index (χ0n) is 9.79. The van der Waals surface area contributed by atoms with E-state index in [0.717, 1.165) is 6.42 Å². The second-order valence-electron chi connectivity index (χ2n) is 3.97. The number of carbonyl (C=O) groups excluding carboxylic acids is 1. The number of benzene rings is 1. The van der Waals surface area contributed by atoms with Gasteiger partial charge in [0.2, 0.25) is 5.91 Å². The number of hydrogen-bond acceptors (Lipinski definition) is 1. The molecule has 1 atom stereocenters. The van der Waals surface area contributed by atoms with Gasteiger partial charge >= 0.3 is 0 Å². The third-order valence-corrected chi connectivity index (χ3v) is 2.60. The van der Waals surface area contributed by atoms with Crippen LogP contribution in [0, 0.1) is 5.82 Å². The van der Waals surface area contributed by atoms with E-state index in [1.54, 1.807) is 18.2 Å². The highest BCUT2D eigenvalue weighted by Crippen LogP contribution is 2.08. The van der Waals surface area contributed by atoms with Gasteiger partial charge in [-0.25, -0.2) is 4.39 Å². The molecule has 2 nitrogen and oxygen atoms in total. The average Bonchev–Trinajstić information content (AvgIpc) is 2.28. The van der Waals surface area contributed by atoms with Crippen molar-refractivity contribution in [3.05, 3.63) is 35.6 Å². The third-order valence-electron chi connectivity index (χ3n) is 2.60. The minimum atomic E-state index is -0.237. The van der Waals surface area contributed by atoms with E-state index in [9.17, 15) is 9.18 Å². The van der Waals surface area contributed by atoms with E-state index in [1.807, 2.05) is 13.8 Å². The van der Waals surface area contributed by atoms with Gasteiger partial charge in [0, 0.05) is 12.5 Å². The predicted molar refractivity (Wildman–Crippen MR) is 62.6 cm³/mol. The van der Waals surface area contributed by atoms with Crippen molar-refractivity contribution in [2.24, 2.45) is 0 Å². The van der Waals surface area contributed by atoms with Crippen LogP contribution in [-0.2, 0) is 11.2 Å². The average molecular weight is 223 g/mol. The lowest BCUT2D eigenvalue weighted by Crippen LogP contribution is -2.32. The molecule has 0 bridgehead atoms. The van der Waals surface area contributed by atoms with Gasteiger partial charge in [-0.05, 0) is 31.4 Å². The maximum absolute atomic E-state index is 13.2. The van der Waals surface area contributed by atoms with Crippen LogP contribution >= 0.6 is 0 Å². The molecule has 0 saturated carbocycles. The Hall–Kier alpha value is -1.38. The third kappa shape index (κ3) is 4.01. The van der Waals surface area contributed by atoms with E-state index < -0.39 is 0 Å². The van der Waals surface area contributed by atoms with Gasteiger partial charge in [0.1, 0.15) is 5.82 Å². The Morgan fingerprint density at radius 1 is 1.44 bits per heavy atom. The Morgan fingerprint density at radius 3 is 2.75 bits per heavy atom. The number of hydrogen-bond donors (Lipinski definition) is 1. The highest BCUT2D eigenvalue weighted by molar-refractivity contribution is 5.76. The fourth-order valence-electron chi connectivity index (χ4n) is 1.40. The van der Waals surface area contributed by atoms with Crippen molar-refractivity contribution in [2.75, 3.05) is 0 Å². The van der Waals surface area contributed by atoms with Gasteiger partial charge in [-0.3, -0.25) is 4.79 Å². The van der Waals surface area contributed by atoms with Crippen molar-refractivity contribution in [2.45, 2.75) is 39.2 Å². The zero-order valence-corrected chi connectivity index (χ0v) is 9.79. The SMILES string of the molecule is CCC(C)NC(=O)CCc1ccccc1F. The van der Waals surface area contributed by atoms with Crippen molar-refractivity contribution < 1.29 is 9.18 Å². The lowest BCUT2D eigenvalue weighted by atomic mass is 10.1. The highest BCUT2D eigenvalue weighted by atomic mass is 19.1. The molecule has 88 valence electrons. The Morgan fingerprint density at radius 2 is 2.12 bits per heavy atom. The van der Waals surface area contributed by atoms with E-state index >= 15 is 0 Å². The van der Waals surface area contributed by atoms with Gasteiger partial charge in [-0.2, -0.15) is 0 Å². The number of carbonyl (C=O) groups is 1. The number of amides is 1. The molecule has 0 aliphatic rings. The smallest absolute Gasteiger partial charge is 0.220 e. The summed E-state index contributed by atoms with van der Waals surface area (Å²) in [5, 5.41) is 2.86. The van der Waals surface area contributed by atoms with Gasteiger partial charge in [-0.1, -0.05) is 25.1 Å². The van der Waals surface area contributed by atoms with E-state index in [-0.39, 0.29) is 17.8 Å². The first-order valence-electron chi connectivity index (χ1n) is 5.66. The highest BCUT2D eigenvalue weighted by Gasteiger charge is 2.07. The Kier molecular flexibility index (Phi) is 4.96. The van der Waals surface area contributed by atoms with Gasteiger partial charge in [-0.15, -0.1) is 0 Å². The molecule has 0 saturated heterocycles. The van der Waals surface area contributed by atoms with Crippen LogP contribution in [0.4, 0.5) is 4.39 Å². The molecule has 1 aromatic carbocycles. The molecule has 0 aromatic heterocycles. The molecule has 16 heavy (non-hydrogen) atoms. The number of aryl methyl sites for hydroxylation is 1. The van der Waals surface area contributed by atoms with Crippen LogP contribution in [0.5, 0.6) is 0 Å². The molecule has 1 aromatic rings. The van der Waals surface area contributed by atoms with Crippen LogP contribution in [0.15, 0.2) is 24.3 Å². The van der Waals surface area contributed by atoms with Crippen molar-refractivity contribution in [1.82, 2.24) is 5.32 Å². The van der Waals surface area contributed by atoms with E-state index in [0.29, 0.717) is 18.4 Å². The second kappa shape index (κ2) is 6.26. The minimum absolute atomic E-state index is 0.0161. The molecule has 0 aliphatic carbocycles. The Bertz CT molecular complexity index is 352. The van der Waals surface area contributed by atoms with Gasteiger partial charge in [0.15, 0.2) is 0 Å². The van der Waals surface area contributed by atoms with Crippen molar-refractivity contribution in [1.29, 1.82) is 0 Å². The standard InChI is InChI=1S/C13H18FNO/c1-3-10(2)15-13(16)9-8-11-6-4-5-7-12(11)14/h4-7,10H,3,8-9H2,1-2H3,(H,15,16). The largest absolute Gasteiger partial charge is 0.354 e. The number of halogens is 1. The molecule has 0 heterocycles. The molecule has 1 N–H and O–H groups in total. The van der Waals surface area contributed by atoms with Crippen molar-refractivity contribution in [3.63, 3.8) is 0 Å². The Balaban J connectivity index is 2.40. The molecule has 1 unspecified atom stereocenters. The van der Waals surface area contributed by atoms with E-state index in [4.69, 9.17) is 0 Å². The minimum Gasteiger partial charge on any atom is -0.354 e. The molecule has 1 amide bonds. The van der Waals surface area contributed by atoms with Gasteiger partial charge < -0.3 is 5.32 Å². The van der Waals surface area contributed by atoms with Crippen molar-refractivity contribution in [3.8, 4) is 0 Å². The first-order chi connectivity index (χ1) is 7.63. The summed E-state index contributed by atoms with van der Waals surface area (Å²) in [5.74, 6) is -0.253. The fourth-order valence-corrected chi connectivity index (χ4v) is 1.40. The summed E-state index contributed by atoms with van der Waals surface area (Å²) in [6.45, 7) is 3.98. The monoisotopic (exact) mass is 223 g/mol. The fraction of sp³-hybridized carbons (Fsp3) is 0.462. The van der Waals surface area contributed by atoms with Crippen LogP contribution in [0.2, 0.25) is 0 Å². The first kappa shape index (κ1) is 12.7. The second-order valence-corrected chi connectivity index (χ2v) is 3.97. The molecule has 0 radical (unpaired) electrons. The normalized spacial score (nSPS) is 12.2. The summed E-state index contributed by atoms with van der Waals surface area (Å²) in [6.07, 6.45) is 1.70. The molecular weight excluding hydrogens is 205 g/mol. The van der Waals surface area contributed by atoms with Crippen molar-refractivity contribution >= 4 is 5.91 Å². The zero-order chi connectivity index (χ0) is 12.0. The summed E-state index contributed by atoms with van der Waals surface area (Å²) < 4.78 is 13.2. The Labute approximate surface area is 95.9 Å². The predicted octanol–water partition coefficient (Wildman–Crippen LogP) is 2.67. The van der Waals surface area contributed by atoms with E-state index in [1.165, 1.54) is 6.07 Å². The quantitative estimate of drug-likeness (QED) is 0.817. The molecule has 0 spiro atoms. The summed E-state index contributed by atoms with van der Waals surface area (Å²) in [7, 11) is 0. The lowest BCUT2D eigenvalue weighted by molar-refractivity contribution is -0.121. The number of rotatable bonds is 5.